The number of carbonyl (C=O) groups excluding carboxylic acids is 1. The second kappa shape index (κ2) is 5.17. The van der Waals surface area contributed by atoms with Crippen LogP contribution in [0, 0.1) is 0 Å². The van der Waals surface area contributed by atoms with Gasteiger partial charge in [-0.15, -0.1) is 0 Å². The Hall–Kier alpha value is -3.66. The molecule has 5 rings (SSSR count). The molecule has 0 fully saturated rings. The average molecular weight is 338 g/mol. The van der Waals surface area contributed by atoms with Crippen molar-refractivity contribution >= 4 is 44.5 Å². The van der Waals surface area contributed by atoms with Crippen LogP contribution in [-0.2, 0) is 0 Å². The molecule has 1 aliphatic carbocycles. The lowest BCUT2D eigenvalue weighted by atomic mass is 10.0. The van der Waals surface area contributed by atoms with Gasteiger partial charge >= 0.3 is 0 Å². The number of carbonyl (C=O) groups is 1. The zero-order valence-electron chi connectivity index (χ0n) is 13.7. The summed E-state index contributed by atoms with van der Waals surface area (Å²) in [6.07, 6.45) is 0. The smallest absolute Gasteiger partial charge is 0.199 e. The van der Waals surface area contributed by atoms with Crippen LogP contribution >= 0.6 is 0 Å². The molecule has 26 heavy (non-hydrogen) atoms. The Balaban J connectivity index is 1.74. The van der Waals surface area contributed by atoms with Crippen molar-refractivity contribution < 1.29 is 9.90 Å². The van der Waals surface area contributed by atoms with Gasteiger partial charge in [0.25, 0.3) is 0 Å². The third-order valence-corrected chi connectivity index (χ3v) is 4.86. The molecule has 0 aliphatic heterocycles. The normalized spacial score (nSPS) is 13.6. The molecular formula is C22H14N2O2. The van der Waals surface area contributed by atoms with E-state index in [1.807, 2.05) is 54.6 Å². The summed E-state index contributed by atoms with van der Waals surface area (Å²) in [6.45, 7) is 0. The number of nitrogens with two attached hydrogens (primary N) is 1. The van der Waals surface area contributed by atoms with Gasteiger partial charge < -0.3 is 10.8 Å². The third-order valence-electron chi connectivity index (χ3n) is 4.86. The van der Waals surface area contributed by atoms with Crippen LogP contribution in [0.25, 0.3) is 33.0 Å². The van der Waals surface area contributed by atoms with Crippen LogP contribution in [0.5, 0.6) is 0 Å². The first-order chi connectivity index (χ1) is 12.6. The van der Waals surface area contributed by atoms with Gasteiger partial charge in [0.2, 0.25) is 0 Å². The second-order valence-corrected chi connectivity index (χ2v) is 6.41. The molecule has 1 aromatic heterocycles. The lowest BCUT2D eigenvalue weighted by molar-refractivity contribution is 0.105. The van der Waals surface area contributed by atoms with Crippen molar-refractivity contribution in [3.8, 4) is 0 Å². The van der Waals surface area contributed by atoms with Gasteiger partial charge in [0.15, 0.2) is 5.78 Å². The number of allylic oxidation sites excluding steroid dienone is 1. The van der Waals surface area contributed by atoms with Crippen LogP contribution < -0.4 is 5.73 Å². The maximum atomic E-state index is 13.0. The number of aromatic nitrogens is 1. The van der Waals surface area contributed by atoms with Crippen LogP contribution in [-0.4, -0.2) is 15.9 Å². The topological polar surface area (TPSA) is 76.2 Å². The van der Waals surface area contributed by atoms with Crippen molar-refractivity contribution in [1.29, 1.82) is 0 Å². The van der Waals surface area contributed by atoms with E-state index >= 15 is 0 Å². The number of hydrogen-bond donors (Lipinski definition) is 2. The van der Waals surface area contributed by atoms with Gasteiger partial charge in [-0.2, -0.15) is 0 Å². The van der Waals surface area contributed by atoms with E-state index in [0.29, 0.717) is 28.0 Å². The fourth-order valence-corrected chi connectivity index (χ4v) is 3.55. The standard InChI is InChI=1S/C22H14N2O2/c23-17-7-3-6-12-8-9-18(24-20(12)17)19-21(25)15-10-13-4-1-2-5-14(13)11-16(15)22(19)26/h1-11,25H,23H2. The minimum atomic E-state index is -0.218. The molecular weight excluding hydrogens is 324 g/mol. The summed E-state index contributed by atoms with van der Waals surface area (Å²) >= 11 is 0. The predicted molar refractivity (Wildman–Crippen MR) is 104 cm³/mol. The molecule has 0 saturated carbocycles. The predicted octanol–water partition coefficient (Wildman–Crippen LogP) is 4.59. The molecule has 0 radical (unpaired) electrons. The first kappa shape index (κ1) is 14.7. The van der Waals surface area contributed by atoms with Gasteiger partial charge in [0.05, 0.1) is 22.5 Å². The van der Waals surface area contributed by atoms with Crippen LogP contribution in [0.4, 0.5) is 5.69 Å². The highest BCUT2D eigenvalue weighted by Crippen LogP contribution is 2.38. The van der Waals surface area contributed by atoms with Crippen molar-refractivity contribution in [2.75, 3.05) is 5.73 Å². The van der Waals surface area contributed by atoms with E-state index in [0.717, 1.165) is 16.2 Å². The number of para-hydroxylation sites is 1. The zero-order valence-corrected chi connectivity index (χ0v) is 13.7. The first-order valence-corrected chi connectivity index (χ1v) is 8.30. The summed E-state index contributed by atoms with van der Waals surface area (Å²) in [4.78, 5) is 17.5. The Kier molecular flexibility index (Phi) is 2.91. The lowest BCUT2D eigenvalue weighted by Crippen LogP contribution is -2.01. The summed E-state index contributed by atoms with van der Waals surface area (Å²) in [6, 6.07) is 20.6. The van der Waals surface area contributed by atoms with E-state index in [4.69, 9.17) is 5.73 Å². The molecule has 1 heterocycles. The molecule has 3 N–H and O–H groups in total. The second-order valence-electron chi connectivity index (χ2n) is 6.41. The van der Waals surface area contributed by atoms with E-state index in [2.05, 4.69) is 4.98 Å². The lowest BCUT2D eigenvalue weighted by Gasteiger charge is -2.05. The van der Waals surface area contributed by atoms with E-state index in [1.165, 1.54) is 0 Å². The van der Waals surface area contributed by atoms with Gasteiger partial charge in [-0.05, 0) is 35.0 Å². The van der Waals surface area contributed by atoms with Crippen LogP contribution in [0.1, 0.15) is 21.6 Å². The molecule has 0 atom stereocenters. The van der Waals surface area contributed by atoms with Crippen molar-refractivity contribution in [3.05, 3.63) is 83.6 Å². The monoisotopic (exact) mass is 338 g/mol. The maximum Gasteiger partial charge on any atom is 0.199 e. The minimum absolute atomic E-state index is 0.0305. The van der Waals surface area contributed by atoms with Crippen molar-refractivity contribution in [2.24, 2.45) is 0 Å². The molecule has 4 aromatic rings. The van der Waals surface area contributed by atoms with Crippen LogP contribution in [0.3, 0.4) is 0 Å². The first-order valence-electron chi connectivity index (χ1n) is 8.30. The number of fused-ring (bicyclic) bond motifs is 3. The fourth-order valence-electron chi connectivity index (χ4n) is 3.55. The Morgan fingerprint density at radius 3 is 2.27 bits per heavy atom. The summed E-state index contributed by atoms with van der Waals surface area (Å²) in [5.41, 5.74) is 8.88. The summed E-state index contributed by atoms with van der Waals surface area (Å²) in [5.74, 6) is -0.248. The minimum Gasteiger partial charge on any atom is -0.506 e. The summed E-state index contributed by atoms with van der Waals surface area (Å²) in [5, 5.41) is 13.6. The van der Waals surface area contributed by atoms with Gasteiger partial charge in [-0.1, -0.05) is 42.5 Å². The SMILES string of the molecule is Nc1cccc2ccc(C3=C(O)c4cc5ccccc5cc4C3=O)nc12. The molecule has 3 aromatic carbocycles. The molecule has 4 heteroatoms. The molecule has 1 aliphatic rings. The van der Waals surface area contributed by atoms with E-state index in [9.17, 15) is 9.90 Å². The number of Topliss-reactive ketones (excluding diaryl/α,β-unsaturated/α-hetero) is 1. The van der Waals surface area contributed by atoms with Gasteiger partial charge in [0.1, 0.15) is 5.76 Å². The number of pyridine rings is 1. The molecule has 0 spiro atoms. The summed E-state index contributed by atoms with van der Waals surface area (Å²) in [7, 11) is 0. The van der Waals surface area contributed by atoms with Gasteiger partial charge in [-0.3, -0.25) is 4.79 Å². The van der Waals surface area contributed by atoms with Crippen molar-refractivity contribution in [2.45, 2.75) is 0 Å². The van der Waals surface area contributed by atoms with E-state index in [-0.39, 0.29) is 17.1 Å². The number of aliphatic hydroxyl groups excluding tert-OH is 1. The number of anilines is 1. The average Bonchev–Trinajstić information content (AvgIpc) is 2.90. The zero-order chi connectivity index (χ0) is 17.8. The van der Waals surface area contributed by atoms with Gasteiger partial charge in [0, 0.05) is 16.5 Å². The molecule has 0 bridgehead atoms. The highest BCUT2D eigenvalue weighted by atomic mass is 16.3. The molecule has 0 saturated heterocycles. The van der Waals surface area contributed by atoms with Crippen LogP contribution in [0.15, 0.2) is 66.7 Å². The molecule has 4 nitrogen and oxygen atoms in total. The molecule has 124 valence electrons. The number of hydrogen-bond acceptors (Lipinski definition) is 4. The Labute approximate surface area is 149 Å². The maximum absolute atomic E-state index is 13.0. The number of rotatable bonds is 1. The Morgan fingerprint density at radius 1 is 0.808 bits per heavy atom. The van der Waals surface area contributed by atoms with Crippen molar-refractivity contribution in [3.63, 3.8) is 0 Å². The Bertz CT molecular complexity index is 1270. The highest BCUT2D eigenvalue weighted by molar-refractivity contribution is 6.39. The number of benzene rings is 3. The van der Waals surface area contributed by atoms with Gasteiger partial charge in [-0.25, -0.2) is 4.98 Å². The number of ketones is 1. The van der Waals surface area contributed by atoms with E-state index < -0.39 is 0 Å². The fraction of sp³-hybridized carbons (Fsp3) is 0. The third kappa shape index (κ3) is 1.96. The van der Waals surface area contributed by atoms with E-state index in [1.54, 1.807) is 12.1 Å². The quantitative estimate of drug-likeness (QED) is 0.498. The van der Waals surface area contributed by atoms with Crippen molar-refractivity contribution in [1.82, 2.24) is 4.98 Å². The number of aliphatic hydroxyl groups is 1. The highest BCUT2D eigenvalue weighted by Gasteiger charge is 2.32. The van der Waals surface area contributed by atoms with Crippen LogP contribution in [0.2, 0.25) is 0 Å². The number of nitrogens with zero attached hydrogens (tertiary/aromatic N) is 1. The molecule has 0 unspecified atom stereocenters. The largest absolute Gasteiger partial charge is 0.506 e. The number of nitrogen functional groups attached to an aromatic ring is 1. The summed E-state index contributed by atoms with van der Waals surface area (Å²) < 4.78 is 0. The molecule has 0 amide bonds. The Morgan fingerprint density at radius 2 is 1.50 bits per heavy atom.